The van der Waals surface area contributed by atoms with Crippen LogP contribution in [0.25, 0.3) is 10.9 Å². The summed E-state index contributed by atoms with van der Waals surface area (Å²) in [7, 11) is -2.62. The molecule has 1 aliphatic carbocycles. The highest BCUT2D eigenvalue weighted by Crippen LogP contribution is 2.35. The van der Waals surface area contributed by atoms with Crippen molar-refractivity contribution in [2.24, 2.45) is 17.8 Å². The van der Waals surface area contributed by atoms with Crippen LogP contribution in [-0.2, 0) is 19.6 Å². The minimum absolute atomic E-state index is 0.0426. The zero-order valence-electron chi connectivity index (χ0n) is 20.8. The number of carbonyl (C=O) groups excluding carboxylic acids is 2. The number of hydrogen-bond donors (Lipinski definition) is 2. The average Bonchev–Trinajstić information content (AvgIpc) is 3.43. The van der Waals surface area contributed by atoms with E-state index in [0.29, 0.717) is 36.3 Å². The van der Waals surface area contributed by atoms with Crippen molar-refractivity contribution in [2.75, 3.05) is 26.7 Å². The lowest BCUT2D eigenvalue weighted by molar-refractivity contribution is -0.146. The molecule has 2 unspecified atom stereocenters. The Kier molecular flexibility index (Phi) is 8.58. The first-order valence-corrected chi connectivity index (χ1v) is 14.3. The van der Waals surface area contributed by atoms with Crippen molar-refractivity contribution < 1.29 is 23.2 Å². The summed E-state index contributed by atoms with van der Waals surface area (Å²) in [6.07, 6.45) is 9.12. The Bertz CT molecular complexity index is 1170. The zero-order chi connectivity index (χ0) is 25.7. The first-order chi connectivity index (χ1) is 17.3. The molecule has 9 nitrogen and oxygen atoms in total. The van der Waals surface area contributed by atoms with Crippen LogP contribution >= 0.6 is 0 Å². The largest absolute Gasteiger partial charge is 0.342 e. The number of piperidine rings is 1. The summed E-state index contributed by atoms with van der Waals surface area (Å²) in [5.74, 6) is -2.27. The molecule has 10 heteroatoms. The van der Waals surface area contributed by atoms with Gasteiger partial charge in [-0.3, -0.25) is 19.8 Å². The summed E-state index contributed by atoms with van der Waals surface area (Å²) in [6, 6.07) is 8.48. The lowest BCUT2D eigenvalue weighted by Crippen LogP contribution is -2.49. The van der Waals surface area contributed by atoms with Crippen molar-refractivity contribution in [2.45, 2.75) is 56.3 Å². The Morgan fingerprint density at radius 3 is 2.47 bits per heavy atom. The van der Waals surface area contributed by atoms with E-state index in [9.17, 15) is 23.2 Å². The standard InChI is InChI=1S/C26H36N4O5S/c1-29(36(34,35)23-13-7-11-20-12-8-14-27-24(20)23)18-22(25(31)28-33)21(17-19-9-3-4-10-19)26(32)30-15-5-2-6-16-30/h7-8,11-14,19,21-22,33H,2-6,9-10,15-18H2,1H3,(H,28,31). The van der Waals surface area contributed by atoms with Crippen molar-refractivity contribution in [1.29, 1.82) is 0 Å². The molecule has 1 aromatic carbocycles. The smallest absolute Gasteiger partial charge is 0.248 e. The zero-order valence-corrected chi connectivity index (χ0v) is 21.6. The lowest BCUT2D eigenvalue weighted by Gasteiger charge is -2.35. The molecule has 36 heavy (non-hydrogen) atoms. The monoisotopic (exact) mass is 516 g/mol. The quantitative estimate of drug-likeness (QED) is 0.390. The predicted octanol–water partition coefficient (Wildman–Crippen LogP) is 3.19. The average molecular weight is 517 g/mol. The minimum Gasteiger partial charge on any atom is -0.342 e. The van der Waals surface area contributed by atoms with E-state index in [-0.39, 0.29) is 17.3 Å². The first kappa shape index (κ1) is 26.5. The maximum atomic E-state index is 13.7. The van der Waals surface area contributed by atoms with E-state index in [0.717, 1.165) is 49.3 Å². The third-order valence-electron chi connectivity index (χ3n) is 7.72. The van der Waals surface area contributed by atoms with Crippen molar-refractivity contribution >= 4 is 32.7 Å². The SMILES string of the molecule is CN(CC(C(=O)NO)C(CC1CCCC1)C(=O)N1CCCCC1)S(=O)(=O)c1cccc2cccnc12. The molecule has 2 aromatic rings. The number of aromatic nitrogens is 1. The second-order valence-electron chi connectivity index (χ2n) is 10.1. The number of rotatable bonds is 9. The number of fused-ring (bicyclic) bond motifs is 1. The van der Waals surface area contributed by atoms with Crippen LogP contribution in [0.5, 0.6) is 0 Å². The molecule has 1 aromatic heterocycles. The van der Waals surface area contributed by atoms with Crippen LogP contribution in [0.4, 0.5) is 0 Å². The van der Waals surface area contributed by atoms with Crippen LogP contribution in [0, 0.1) is 17.8 Å². The molecule has 2 aliphatic rings. The van der Waals surface area contributed by atoms with Gasteiger partial charge in [0.1, 0.15) is 4.90 Å². The summed E-state index contributed by atoms with van der Waals surface area (Å²) in [6.45, 7) is 1.06. The summed E-state index contributed by atoms with van der Waals surface area (Å²) >= 11 is 0. The van der Waals surface area contributed by atoms with E-state index in [2.05, 4.69) is 4.98 Å². The molecule has 1 saturated heterocycles. The van der Waals surface area contributed by atoms with Gasteiger partial charge in [-0.15, -0.1) is 0 Å². The van der Waals surface area contributed by atoms with E-state index in [1.54, 1.807) is 29.7 Å². The number of hydrogen-bond acceptors (Lipinski definition) is 6. The van der Waals surface area contributed by atoms with E-state index in [1.807, 2.05) is 4.90 Å². The number of likely N-dealkylation sites (tertiary alicyclic amines) is 1. The topological polar surface area (TPSA) is 120 Å². The van der Waals surface area contributed by atoms with E-state index in [4.69, 9.17) is 0 Å². The Morgan fingerprint density at radius 1 is 1.08 bits per heavy atom. The maximum Gasteiger partial charge on any atom is 0.248 e. The van der Waals surface area contributed by atoms with Gasteiger partial charge in [-0.05, 0) is 43.7 Å². The molecule has 2 atom stereocenters. The van der Waals surface area contributed by atoms with Crippen LogP contribution in [0.2, 0.25) is 0 Å². The van der Waals surface area contributed by atoms with Crippen LogP contribution in [0.1, 0.15) is 51.4 Å². The number of benzene rings is 1. The van der Waals surface area contributed by atoms with Gasteiger partial charge in [0.15, 0.2) is 0 Å². The van der Waals surface area contributed by atoms with Gasteiger partial charge in [0.2, 0.25) is 21.8 Å². The lowest BCUT2D eigenvalue weighted by atomic mass is 9.81. The fourth-order valence-corrected chi connectivity index (χ4v) is 7.05. The third kappa shape index (κ3) is 5.71. The van der Waals surface area contributed by atoms with Crippen molar-refractivity contribution in [3.8, 4) is 0 Å². The molecule has 2 amide bonds. The second kappa shape index (κ2) is 11.7. The number of amides is 2. The molecule has 2 fully saturated rings. The summed E-state index contributed by atoms with van der Waals surface area (Å²) in [4.78, 5) is 32.8. The van der Waals surface area contributed by atoms with E-state index < -0.39 is 27.8 Å². The highest BCUT2D eigenvalue weighted by Gasteiger charge is 2.40. The Labute approximate surface area is 212 Å². The van der Waals surface area contributed by atoms with Crippen molar-refractivity contribution in [3.05, 3.63) is 36.5 Å². The molecule has 0 bridgehead atoms. The first-order valence-electron chi connectivity index (χ1n) is 12.9. The van der Waals surface area contributed by atoms with Gasteiger partial charge < -0.3 is 4.90 Å². The van der Waals surface area contributed by atoms with Gasteiger partial charge in [-0.25, -0.2) is 18.2 Å². The molecule has 0 spiro atoms. The molecule has 2 N–H and O–H groups in total. The fourth-order valence-electron chi connectivity index (χ4n) is 5.69. The molecular weight excluding hydrogens is 480 g/mol. The van der Waals surface area contributed by atoms with Crippen LogP contribution < -0.4 is 5.48 Å². The second-order valence-corrected chi connectivity index (χ2v) is 12.1. The Morgan fingerprint density at radius 2 is 1.78 bits per heavy atom. The highest BCUT2D eigenvalue weighted by atomic mass is 32.2. The summed E-state index contributed by atoms with van der Waals surface area (Å²) in [5.41, 5.74) is 2.06. The Balaban J connectivity index is 1.64. The van der Waals surface area contributed by atoms with Gasteiger partial charge >= 0.3 is 0 Å². The molecule has 0 radical (unpaired) electrons. The van der Waals surface area contributed by atoms with Gasteiger partial charge in [-0.1, -0.05) is 43.9 Å². The van der Waals surface area contributed by atoms with Crippen molar-refractivity contribution in [1.82, 2.24) is 19.7 Å². The third-order valence-corrected chi connectivity index (χ3v) is 9.57. The number of para-hydroxylation sites is 1. The molecule has 2 heterocycles. The number of sulfonamides is 1. The molecule has 196 valence electrons. The van der Waals surface area contributed by atoms with Gasteiger partial charge in [0.05, 0.1) is 17.4 Å². The summed E-state index contributed by atoms with van der Waals surface area (Å²) < 4.78 is 28.4. The number of nitrogens with zero attached hydrogens (tertiary/aromatic N) is 3. The number of carbonyl (C=O) groups is 2. The van der Waals surface area contributed by atoms with Gasteiger partial charge in [0, 0.05) is 38.3 Å². The van der Waals surface area contributed by atoms with Crippen molar-refractivity contribution in [3.63, 3.8) is 0 Å². The Hall–Kier alpha value is -2.56. The number of hydroxylamine groups is 1. The van der Waals surface area contributed by atoms with Gasteiger partial charge in [-0.2, -0.15) is 0 Å². The maximum absolute atomic E-state index is 13.7. The predicted molar refractivity (Wildman–Crippen MR) is 135 cm³/mol. The molecule has 1 saturated carbocycles. The number of nitrogens with one attached hydrogen (secondary N) is 1. The molecular formula is C26H36N4O5S. The normalized spacial score (nSPS) is 18.9. The minimum atomic E-state index is -4.03. The van der Waals surface area contributed by atoms with E-state index >= 15 is 0 Å². The number of pyridine rings is 1. The van der Waals surface area contributed by atoms with Crippen LogP contribution in [-0.4, -0.2) is 66.3 Å². The summed E-state index contributed by atoms with van der Waals surface area (Å²) in [5, 5.41) is 10.3. The highest BCUT2D eigenvalue weighted by molar-refractivity contribution is 7.89. The van der Waals surface area contributed by atoms with Gasteiger partial charge in [0.25, 0.3) is 0 Å². The fraction of sp³-hybridized carbons (Fsp3) is 0.577. The van der Waals surface area contributed by atoms with Crippen LogP contribution in [0.15, 0.2) is 41.4 Å². The molecule has 4 rings (SSSR count). The van der Waals surface area contributed by atoms with E-state index in [1.165, 1.54) is 19.3 Å². The molecule has 1 aliphatic heterocycles. The van der Waals surface area contributed by atoms with Crippen LogP contribution in [0.3, 0.4) is 0 Å².